The Labute approximate surface area is 80.2 Å². The van der Waals surface area contributed by atoms with Crippen molar-refractivity contribution in [1.29, 1.82) is 0 Å². The summed E-state index contributed by atoms with van der Waals surface area (Å²) in [6.45, 7) is 4.96. The van der Waals surface area contributed by atoms with Gasteiger partial charge in [-0.1, -0.05) is 17.9 Å². The monoisotopic (exact) mass is 173 g/mol. The SMILES string of the molecule is CNCC#Cc1ccc(C)c(C)c1. The summed E-state index contributed by atoms with van der Waals surface area (Å²) in [5, 5.41) is 2.99. The predicted octanol–water partition coefficient (Wildman–Crippen LogP) is 1.87. The van der Waals surface area contributed by atoms with Crippen LogP contribution in [0.2, 0.25) is 0 Å². The van der Waals surface area contributed by atoms with Crippen LogP contribution in [0.4, 0.5) is 0 Å². The van der Waals surface area contributed by atoms with E-state index in [1.807, 2.05) is 7.05 Å². The zero-order valence-corrected chi connectivity index (χ0v) is 8.44. The lowest BCUT2D eigenvalue weighted by Crippen LogP contribution is -2.04. The summed E-state index contributed by atoms with van der Waals surface area (Å²) >= 11 is 0. The quantitative estimate of drug-likeness (QED) is 0.639. The van der Waals surface area contributed by atoms with Crippen LogP contribution in [0.15, 0.2) is 18.2 Å². The molecule has 0 aliphatic carbocycles. The summed E-state index contributed by atoms with van der Waals surface area (Å²) in [7, 11) is 1.90. The number of hydrogen-bond acceptors (Lipinski definition) is 1. The summed E-state index contributed by atoms with van der Waals surface area (Å²) in [6, 6.07) is 6.29. The summed E-state index contributed by atoms with van der Waals surface area (Å²) in [5.74, 6) is 6.14. The van der Waals surface area contributed by atoms with Crippen LogP contribution in [-0.2, 0) is 0 Å². The largest absolute Gasteiger partial charge is 0.309 e. The van der Waals surface area contributed by atoms with Gasteiger partial charge in [0.25, 0.3) is 0 Å². The van der Waals surface area contributed by atoms with Gasteiger partial charge in [0.2, 0.25) is 0 Å². The lowest BCUT2D eigenvalue weighted by Gasteiger charge is -1.98. The lowest BCUT2D eigenvalue weighted by atomic mass is 10.1. The molecule has 0 amide bonds. The van der Waals surface area contributed by atoms with E-state index in [0.717, 1.165) is 12.1 Å². The summed E-state index contributed by atoms with van der Waals surface area (Å²) in [5.41, 5.74) is 3.72. The normalized spacial score (nSPS) is 9.15. The van der Waals surface area contributed by atoms with Crippen molar-refractivity contribution in [2.24, 2.45) is 0 Å². The van der Waals surface area contributed by atoms with Crippen molar-refractivity contribution < 1.29 is 0 Å². The van der Waals surface area contributed by atoms with Gasteiger partial charge in [-0.3, -0.25) is 0 Å². The second kappa shape index (κ2) is 4.69. The Morgan fingerprint density at radius 3 is 2.62 bits per heavy atom. The second-order valence-electron chi connectivity index (χ2n) is 3.13. The lowest BCUT2D eigenvalue weighted by molar-refractivity contribution is 0.938. The highest BCUT2D eigenvalue weighted by Crippen LogP contribution is 2.08. The zero-order chi connectivity index (χ0) is 9.68. The fourth-order valence-corrected chi connectivity index (χ4v) is 1.05. The van der Waals surface area contributed by atoms with Crippen LogP contribution in [0.5, 0.6) is 0 Å². The highest BCUT2D eigenvalue weighted by molar-refractivity contribution is 5.40. The molecular weight excluding hydrogens is 158 g/mol. The van der Waals surface area contributed by atoms with Gasteiger partial charge in [0.15, 0.2) is 0 Å². The molecule has 0 aromatic heterocycles. The van der Waals surface area contributed by atoms with Gasteiger partial charge >= 0.3 is 0 Å². The van der Waals surface area contributed by atoms with E-state index < -0.39 is 0 Å². The molecule has 0 saturated carbocycles. The number of hydrogen-bond donors (Lipinski definition) is 1. The maximum Gasteiger partial charge on any atom is 0.0577 e. The Morgan fingerprint density at radius 2 is 2.00 bits per heavy atom. The van der Waals surface area contributed by atoms with E-state index in [-0.39, 0.29) is 0 Å². The van der Waals surface area contributed by atoms with E-state index in [1.165, 1.54) is 11.1 Å². The molecule has 1 aromatic rings. The molecule has 0 bridgehead atoms. The topological polar surface area (TPSA) is 12.0 Å². The Kier molecular flexibility index (Phi) is 3.54. The van der Waals surface area contributed by atoms with Crippen LogP contribution in [0.25, 0.3) is 0 Å². The first-order valence-corrected chi connectivity index (χ1v) is 4.45. The van der Waals surface area contributed by atoms with Crippen molar-refractivity contribution in [3.63, 3.8) is 0 Å². The summed E-state index contributed by atoms with van der Waals surface area (Å²) in [6.07, 6.45) is 0. The third-order valence-electron chi connectivity index (χ3n) is 2.00. The van der Waals surface area contributed by atoms with Gasteiger partial charge < -0.3 is 5.32 Å². The average molecular weight is 173 g/mol. The Morgan fingerprint density at radius 1 is 1.23 bits per heavy atom. The number of rotatable bonds is 1. The van der Waals surface area contributed by atoms with Crippen molar-refractivity contribution in [1.82, 2.24) is 5.32 Å². The molecule has 13 heavy (non-hydrogen) atoms. The molecule has 0 saturated heterocycles. The smallest absolute Gasteiger partial charge is 0.0577 e. The van der Waals surface area contributed by atoms with Crippen LogP contribution in [-0.4, -0.2) is 13.6 Å². The minimum atomic E-state index is 0.743. The Hall–Kier alpha value is -1.26. The zero-order valence-electron chi connectivity index (χ0n) is 8.44. The molecule has 0 aliphatic rings. The molecule has 1 aromatic carbocycles. The van der Waals surface area contributed by atoms with Crippen LogP contribution >= 0.6 is 0 Å². The molecule has 0 aliphatic heterocycles. The minimum Gasteiger partial charge on any atom is -0.309 e. The van der Waals surface area contributed by atoms with Crippen molar-refractivity contribution in [2.75, 3.05) is 13.6 Å². The molecule has 0 heterocycles. The van der Waals surface area contributed by atoms with Gasteiger partial charge in [-0.05, 0) is 44.2 Å². The molecule has 0 radical (unpaired) electrons. The van der Waals surface area contributed by atoms with Crippen LogP contribution in [0, 0.1) is 25.7 Å². The number of nitrogens with one attached hydrogen (secondary N) is 1. The first-order valence-electron chi connectivity index (χ1n) is 4.45. The summed E-state index contributed by atoms with van der Waals surface area (Å²) in [4.78, 5) is 0. The van der Waals surface area contributed by atoms with E-state index in [0.29, 0.717) is 0 Å². The first-order chi connectivity index (χ1) is 6.24. The average Bonchev–Trinajstić information content (AvgIpc) is 2.12. The highest BCUT2D eigenvalue weighted by Gasteiger charge is 1.91. The van der Waals surface area contributed by atoms with Gasteiger partial charge in [-0.2, -0.15) is 0 Å². The van der Waals surface area contributed by atoms with Crippen molar-refractivity contribution in [3.8, 4) is 11.8 Å². The molecule has 0 unspecified atom stereocenters. The predicted molar refractivity (Wildman–Crippen MR) is 56.7 cm³/mol. The van der Waals surface area contributed by atoms with Gasteiger partial charge in [-0.15, -0.1) is 0 Å². The number of aryl methyl sites for hydroxylation is 2. The van der Waals surface area contributed by atoms with Crippen LogP contribution < -0.4 is 5.32 Å². The van der Waals surface area contributed by atoms with E-state index >= 15 is 0 Å². The van der Waals surface area contributed by atoms with E-state index in [2.05, 4.69) is 49.2 Å². The first kappa shape index (κ1) is 9.83. The van der Waals surface area contributed by atoms with Gasteiger partial charge in [0, 0.05) is 5.56 Å². The fraction of sp³-hybridized carbons (Fsp3) is 0.333. The second-order valence-corrected chi connectivity index (χ2v) is 3.13. The summed E-state index contributed by atoms with van der Waals surface area (Å²) < 4.78 is 0. The Bertz CT molecular complexity index is 342. The Balaban J connectivity index is 2.81. The molecule has 0 fully saturated rings. The van der Waals surface area contributed by atoms with Crippen molar-refractivity contribution in [2.45, 2.75) is 13.8 Å². The van der Waals surface area contributed by atoms with Crippen LogP contribution in [0.1, 0.15) is 16.7 Å². The molecule has 68 valence electrons. The molecule has 0 atom stereocenters. The van der Waals surface area contributed by atoms with Gasteiger partial charge in [0.05, 0.1) is 6.54 Å². The van der Waals surface area contributed by atoms with E-state index in [9.17, 15) is 0 Å². The maximum atomic E-state index is 3.10. The third-order valence-corrected chi connectivity index (χ3v) is 2.00. The van der Waals surface area contributed by atoms with Crippen molar-refractivity contribution >= 4 is 0 Å². The maximum absolute atomic E-state index is 3.10. The molecule has 1 N–H and O–H groups in total. The van der Waals surface area contributed by atoms with E-state index in [4.69, 9.17) is 0 Å². The fourth-order valence-electron chi connectivity index (χ4n) is 1.05. The van der Waals surface area contributed by atoms with Crippen molar-refractivity contribution in [3.05, 3.63) is 34.9 Å². The van der Waals surface area contributed by atoms with Gasteiger partial charge in [-0.25, -0.2) is 0 Å². The molecular formula is C12H15N. The standard InChI is InChI=1S/C12H15N/c1-10-6-7-12(9-11(10)2)5-4-8-13-3/h6-7,9,13H,8H2,1-3H3. The molecule has 1 heteroatoms. The molecule has 1 rings (SSSR count). The molecule has 1 nitrogen and oxygen atoms in total. The minimum absolute atomic E-state index is 0.743. The highest BCUT2D eigenvalue weighted by atomic mass is 14.8. The van der Waals surface area contributed by atoms with E-state index in [1.54, 1.807) is 0 Å². The third kappa shape index (κ3) is 2.93. The molecule has 0 spiro atoms. The number of benzene rings is 1. The van der Waals surface area contributed by atoms with Gasteiger partial charge in [0.1, 0.15) is 0 Å². The van der Waals surface area contributed by atoms with Crippen LogP contribution in [0.3, 0.4) is 0 Å².